The van der Waals surface area contributed by atoms with Crippen LogP contribution in [0.4, 0.5) is 5.69 Å². The number of aromatic nitrogens is 1. The van der Waals surface area contributed by atoms with E-state index in [1.54, 1.807) is 16.7 Å². The number of thiazole rings is 1. The molecular formula is C27H19N3O4S. The molecule has 0 saturated carbocycles. The van der Waals surface area contributed by atoms with Crippen LogP contribution in [-0.4, -0.2) is 14.6 Å². The molecule has 8 heteroatoms. The minimum Gasteiger partial charge on any atom is -0.502 e. The maximum Gasteiger partial charge on any atom is 0.311 e. The summed E-state index contributed by atoms with van der Waals surface area (Å²) < 4.78 is 2.17. The van der Waals surface area contributed by atoms with Gasteiger partial charge in [-0.2, -0.15) is 0 Å². The van der Waals surface area contributed by atoms with Gasteiger partial charge in [0, 0.05) is 11.6 Å². The molecular weight excluding hydrogens is 462 g/mol. The number of nitro benzene ring substituents is 1. The van der Waals surface area contributed by atoms with E-state index in [1.807, 2.05) is 42.5 Å². The normalized spacial score (nSPS) is 16.8. The Kier molecular flexibility index (Phi) is 4.96. The molecule has 0 radical (unpaired) electrons. The number of hydrogen-bond acceptors (Lipinski definition) is 6. The standard InChI is InChI=1S/C27H19N3O4S/c31-22-13-10-16(14-21(22)30(33)34)15-23-26(32)29-25(18-7-2-1-3-8-18)20-12-11-17-6-4-5-9-19(17)24(20)28-27(29)35-23/h1-10,13-15,25,31H,11-12H2. The molecule has 0 saturated heterocycles. The van der Waals surface area contributed by atoms with E-state index in [0.29, 0.717) is 14.9 Å². The molecule has 4 aromatic rings. The van der Waals surface area contributed by atoms with E-state index in [2.05, 4.69) is 12.1 Å². The summed E-state index contributed by atoms with van der Waals surface area (Å²) in [7, 11) is 0. The van der Waals surface area contributed by atoms with Crippen molar-refractivity contribution in [1.82, 2.24) is 4.57 Å². The van der Waals surface area contributed by atoms with Crippen molar-refractivity contribution >= 4 is 28.8 Å². The van der Waals surface area contributed by atoms with Crippen LogP contribution in [0.15, 0.2) is 88.2 Å². The molecule has 1 aromatic heterocycles. The third kappa shape index (κ3) is 3.50. The van der Waals surface area contributed by atoms with Crippen molar-refractivity contribution in [1.29, 1.82) is 0 Å². The second-order valence-corrected chi connectivity index (χ2v) is 9.54. The molecule has 1 atom stereocenters. The van der Waals surface area contributed by atoms with Crippen molar-refractivity contribution in [2.75, 3.05) is 0 Å². The minimum atomic E-state index is -0.644. The number of rotatable bonds is 3. The van der Waals surface area contributed by atoms with Crippen LogP contribution in [0.2, 0.25) is 0 Å². The Hall–Kier alpha value is -4.30. The van der Waals surface area contributed by atoms with Gasteiger partial charge in [-0.1, -0.05) is 72.0 Å². The molecule has 1 N–H and O–H groups in total. The Labute approximate surface area is 203 Å². The van der Waals surface area contributed by atoms with E-state index in [0.717, 1.165) is 35.2 Å². The van der Waals surface area contributed by atoms with Gasteiger partial charge in [-0.15, -0.1) is 0 Å². The Balaban J connectivity index is 1.60. The van der Waals surface area contributed by atoms with Crippen molar-refractivity contribution in [2.24, 2.45) is 4.99 Å². The molecule has 0 fully saturated rings. The lowest BCUT2D eigenvalue weighted by Crippen LogP contribution is -2.38. The first-order chi connectivity index (χ1) is 17.0. The zero-order valence-electron chi connectivity index (χ0n) is 18.4. The van der Waals surface area contributed by atoms with Gasteiger partial charge >= 0.3 is 5.69 Å². The number of hydrogen-bond donors (Lipinski definition) is 1. The van der Waals surface area contributed by atoms with E-state index >= 15 is 0 Å². The summed E-state index contributed by atoms with van der Waals surface area (Å²) in [6, 6.07) is 22.0. The number of phenols is 1. The highest BCUT2D eigenvalue weighted by atomic mass is 32.1. The van der Waals surface area contributed by atoms with Gasteiger partial charge in [-0.25, -0.2) is 4.99 Å². The number of nitrogens with zero attached hydrogens (tertiary/aromatic N) is 3. The van der Waals surface area contributed by atoms with Gasteiger partial charge in [0.2, 0.25) is 0 Å². The number of benzene rings is 3. The van der Waals surface area contributed by atoms with Crippen LogP contribution < -0.4 is 14.9 Å². The predicted octanol–water partition coefficient (Wildman–Crippen LogP) is 3.93. The van der Waals surface area contributed by atoms with Crippen molar-refractivity contribution in [2.45, 2.75) is 18.9 Å². The fourth-order valence-electron chi connectivity index (χ4n) is 4.89. The highest BCUT2D eigenvalue weighted by Crippen LogP contribution is 2.41. The monoisotopic (exact) mass is 481 g/mol. The van der Waals surface area contributed by atoms with E-state index in [9.17, 15) is 20.0 Å². The zero-order valence-corrected chi connectivity index (χ0v) is 19.2. The molecule has 0 bridgehead atoms. The third-order valence-corrected chi connectivity index (χ3v) is 7.47. The largest absolute Gasteiger partial charge is 0.502 e. The van der Waals surface area contributed by atoms with Crippen LogP contribution >= 0.6 is 11.3 Å². The number of allylic oxidation sites excluding steroid dienone is 1. The molecule has 7 nitrogen and oxygen atoms in total. The fourth-order valence-corrected chi connectivity index (χ4v) is 5.89. The van der Waals surface area contributed by atoms with E-state index < -0.39 is 16.4 Å². The molecule has 1 aliphatic heterocycles. The number of phenolic OH excluding ortho intramolecular Hbond substituents is 1. The third-order valence-electron chi connectivity index (χ3n) is 6.48. The summed E-state index contributed by atoms with van der Waals surface area (Å²) in [4.78, 5) is 29.8. The Bertz CT molecular complexity index is 1720. The van der Waals surface area contributed by atoms with E-state index in [-0.39, 0.29) is 11.6 Å². The molecule has 3 aromatic carbocycles. The second-order valence-electron chi connectivity index (χ2n) is 8.53. The smallest absolute Gasteiger partial charge is 0.311 e. The van der Waals surface area contributed by atoms with Crippen LogP contribution in [-0.2, 0) is 6.42 Å². The average Bonchev–Trinajstić information content (AvgIpc) is 3.18. The highest BCUT2D eigenvalue weighted by molar-refractivity contribution is 7.07. The molecule has 2 aliphatic rings. The van der Waals surface area contributed by atoms with Gasteiger partial charge < -0.3 is 5.11 Å². The first-order valence-corrected chi connectivity index (χ1v) is 12.0. The van der Waals surface area contributed by atoms with Crippen molar-refractivity contribution < 1.29 is 10.0 Å². The van der Waals surface area contributed by atoms with Crippen molar-refractivity contribution in [3.63, 3.8) is 0 Å². The van der Waals surface area contributed by atoms with Gasteiger partial charge in [0.1, 0.15) is 0 Å². The first-order valence-electron chi connectivity index (χ1n) is 11.2. The summed E-state index contributed by atoms with van der Waals surface area (Å²) in [5.41, 5.74) is 5.28. The van der Waals surface area contributed by atoms with Gasteiger partial charge in [-0.3, -0.25) is 19.5 Å². The predicted molar refractivity (Wildman–Crippen MR) is 134 cm³/mol. The van der Waals surface area contributed by atoms with Gasteiger partial charge in [0.25, 0.3) is 5.56 Å². The van der Waals surface area contributed by atoms with Crippen LogP contribution in [0.25, 0.3) is 11.8 Å². The van der Waals surface area contributed by atoms with Crippen LogP contribution in [0.1, 0.15) is 34.7 Å². The van der Waals surface area contributed by atoms with Crippen molar-refractivity contribution in [3.05, 3.63) is 130 Å². The van der Waals surface area contributed by atoms with E-state index in [1.165, 1.54) is 29.0 Å². The summed E-state index contributed by atoms with van der Waals surface area (Å²) in [5.74, 6) is -0.413. The van der Waals surface area contributed by atoms with E-state index in [4.69, 9.17) is 4.99 Å². The van der Waals surface area contributed by atoms with Crippen LogP contribution in [0, 0.1) is 10.1 Å². The maximum absolute atomic E-state index is 13.7. The maximum atomic E-state index is 13.7. The van der Waals surface area contributed by atoms with Gasteiger partial charge in [0.15, 0.2) is 10.6 Å². The summed E-state index contributed by atoms with van der Waals surface area (Å²) in [6.45, 7) is 0. The minimum absolute atomic E-state index is 0.191. The molecule has 1 unspecified atom stereocenters. The molecule has 2 heterocycles. The molecule has 1 aliphatic carbocycles. The van der Waals surface area contributed by atoms with Gasteiger partial charge in [0.05, 0.1) is 21.2 Å². The second kappa shape index (κ2) is 8.18. The van der Waals surface area contributed by atoms with Crippen LogP contribution in [0.5, 0.6) is 5.75 Å². The summed E-state index contributed by atoms with van der Waals surface area (Å²) in [5, 5.41) is 21.0. The SMILES string of the molecule is O=c1c(=Cc2ccc(O)c([N+](=O)[O-])c2)sc2n1C(c1ccccc1)C1=C(N=2)c2ccccc2CC1. The van der Waals surface area contributed by atoms with Crippen LogP contribution in [0.3, 0.4) is 0 Å². The lowest BCUT2D eigenvalue weighted by atomic mass is 9.83. The first kappa shape index (κ1) is 21.2. The number of fused-ring (bicyclic) bond motifs is 3. The summed E-state index contributed by atoms with van der Waals surface area (Å²) >= 11 is 1.27. The number of nitro groups is 1. The fraction of sp³-hybridized carbons (Fsp3) is 0.111. The Morgan fingerprint density at radius 2 is 1.83 bits per heavy atom. The highest BCUT2D eigenvalue weighted by Gasteiger charge is 2.32. The Morgan fingerprint density at radius 3 is 2.63 bits per heavy atom. The quantitative estimate of drug-likeness (QED) is 0.354. The number of aromatic hydroxyl groups is 1. The van der Waals surface area contributed by atoms with Crippen molar-refractivity contribution in [3.8, 4) is 5.75 Å². The topological polar surface area (TPSA) is 97.7 Å². The lowest BCUT2D eigenvalue weighted by molar-refractivity contribution is -0.385. The Morgan fingerprint density at radius 1 is 1.06 bits per heavy atom. The number of aryl methyl sites for hydroxylation is 1. The summed E-state index contributed by atoms with van der Waals surface area (Å²) in [6.07, 6.45) is 3.31. The molecule has 0 spiro atoms. The lowest BCUT2D eigenvalue weighted by Gasteiger charge is -2.30. The van der Waals surface area contributed by atoms with Gasteiger partial charge in [-0.05, 0) is 47.2 Å². The molecule has 172 valence electrons. The average molecular weight is 482 g/mol. The zero-order chi connectivity index (χ0) is 24.1. The molecule has 6 rings (SSSR count). The molecule has 0 amide bonds. The molecule has 35 heavy (non-hydrogen) atoms.